The van der Waals surface area contributed by atoms with Gasteiger partial charge in [-0.1, -0.05) is 19.8 Å². The molecule has 1 aromatic rings. The van der Waals surface area contributed by atoms with Crippen LogP contribution in [-0.2, 0) is 6.54 Å². The highest BCUT2D eigenvalue weighted by molar-refractivity contribution is 9.10. The first kappa shape index (κ1) is 19.6. The molecule has 20 heavy (non-hydrogen) atoms. The fourth-order valence-electron chi connectivity index (χ4n) is 1.89. The molecular formula is C15H25BrClNO2. The number of nitrogens with one attached hydrogen (secondary N) is 1. The molecule has 5 heteroatoms. The molecule has 0 aliphatic carbocycles. The molecule has 1 rings (SSSR count). The van der Waals surface area contributed by atoms with Gasteiger partial charge in [0.05, 0.1) is 18.2 Å². The SMILES string of the molecule is CCCCCNCc1cc(Br)c(OCC)c(OC)c1.Cl. The number of ether oxygens (including phenoxy) is 2. The predicted octanol–water partition coefficient (Wildman–Crippen LogP) is 4.56. The fourth-order valence-corrected chi connectivity index (χ4v) is 2.50. The van der Waals surface area contributed by atoms with Crippen molar-refractivity contribution in [3.63, 3.8) is 0 Å². The van der Waals surface area contributed by atoms with Crippen molar-refractivity contribution in [2.24, 2.45) is 0 Å². The van der Waals surface area contributed by atoms with Gasteiger partial charge in [-0.3, -0.25) is 0 Å². The number of hydrogen-bond donors (Lipinski definition) is 1. The van der Waals surface area contributed by atoms with E-state index in [9.17, 15) is 0 Å². The number of halogens is 2. The number of rotatable bonds is 9. The van der Waals surface area contributed by atoms with E-state index in [0.717, 1.165) is 29.1 Å². The molecule has 0 fully saturated rings. The molecule has 0 saturated carbocycles. The molecule has 0 spiro atoms. The summed E-state index contributed by atoms with van der Waals surface area (Å²) in [5, 5.41) is 3.45. The van der Waals surface area contributed by atoms with Crippen LogP contribution in [0.5, 0.6) is 11.5 Å². The molecule has 3 nitrogen and oxygen atoms in total. The zero-order valence-electron chi connectivity index (χ0n) is 12.5. The number of methoxy groups -OCH3 is 1. The molecule has 0 bridgehead atoms. The van der Waals surface area contributed by atoms with Gasteiger partial charge in [0.1, 0.15) is 0 Å². The Morgan fingerprint density at radius 3 is 2.55 bits per heavy atom. The molecule has 0 radical (unpaired) electrons. The van der Waals surface area contributed by atoms with Crippen molar-refractivity contribution in [1.29, 1.82) is 0 Å². The fraction of sp³-hybridized carbons (Fsp3) is 0.600. The second-order valence-electron chi connectivity index (χ2n) is 4.43. The van der Waals surface area contributed by atoms with Crippen molar-refractivity contribution in [2.75, 3.05) is 20.3 Å². The molecule has 1 N–H and O–H groups in total. The molecule has 0 aromatic heterocycles. The molecule has 0 aliphatic heterocycles. The lowest BCUT2D eigenvalue weighted by Gasteiger charge is -2.13. The highest BCUT2D eigenvalue weighted by atomic mass is 79.9. The summed E-state index contributed by atoms with van der Waals surface area (Å²) in [6.07, 6.45) is 3.76. The monoisotopic (exact) mass is 365 g/mol. The van der Waals surface area contributed by atoms with Crippen LogP contribution in [0.3, 0.4) is 0 Å². The molecule has 0 saturated heterocycles. The Balaban J connectivity index is 0.00000361. The van der Waals surface area contributed by atoms with Crippen molar-refractivity contribution >= 4 is 28.3 Å². The van der Waals surface area contributed by atoms with E-state index in [1.165, 1.54) is 24.8 Å². The average Bonchev–Trinajstić information content (AvgIpc) is 2.41. The molecular weight excluding hydrogens is 342 g/mol. The van der Waals surface area contributed by atoms with Crippen LogP contribution in [-0.4, -0.2) is 20.3 Å². The minimum absolute atomic E-state index is 0. The summed E-state index contributed by atoms with van der Waals surface area (Å²) in [5.41, 5.74) is 1.20. The highest BCUT2D eigenvalue weighted by Crippen LogP contribution is 2.36. The van der Waals surface area contributed by atoms with E-state index in [0.29, 0.717) is 6.61 Å². The molecule has 0 aliphatic rings. The second-order valence-corrected chi connectivity index (χ2v) is 5.28. The summed E-state index contributed by atoms with van der Waals surface area (Å²) in [7, 11) is 1.67. The van der Waals surface area contributed by atoms with Crippen molar-refractivity contribution in [3.8, 4) is 11.5 Å². The van der Waals surface area contributed by atoms with Gasteiger partial charge < -0.3 is 14.8 Å². The van der Waals surface area contributed by atoms with Crippen molar-refractivity contribution in [1.82, 2.24) is 5.32 Å². The molecule has 0 amide bonds. The molecule has 116 valence electrons. The van der Waals surface area contributed by atoms with E-state index in [1.807, 2.05) is 13.0 Å². The van der Waals surface area contributed by atoms with Crippen LogP contribution < -0.4 is 14.8 Å². The maximum absolute atomic E-state index is 5.58. The Morgan fingerprint density at radius 2 is 1.95 bits per heavy atom. The summed E-state index contributed by atoms with van der Waals surface area (Å²) in [4.78, 5) is 0. The van der Waals surface area contributed by atoms with Crippen LogP contribution in [0.4, 0.5) is 0 Å². The maximum atomic E-state index is 5.58. The smallest absolute Gasteiger partial charge is 0.175 e. The van der Waals surface area contributed by atoms with Crippen molar-refractivity contribution in [3.05, 3.63) is 22.2 Å². The van der Waals surface area contributed by atoms with E-state index in [4.69, 9.17) is 9.47 Å². The van der Waals surface area contributed by atoms with Gasteiger partial charge in [-0.25, -0.2) is 0 Å². The lowest BCUT2D eigenvalue weighted by molar-refractivity contribution is 0.308. The first-order valence-electron chi connectivity index (χ1n) is 6.92. The lowest BCUT2D eigenvalue weighted by Crippen LogP contribution is -2.14. The van der Waals surface area contributed by atoms with E-state index < -0.39 is 0 Å². The van der Waals surface area contributed by atoms with Gasteiger partial charge in [0, 0.05) is 6.54 Å². The first-order valence-corrected chi connectivity index (χ1v) is 7.72. The summed E-state index contributed by atoms with van der Waals surface area (Å²) in [6, 6.07) is 4.11. The Morgan fingerprint density at radius 1 is 1.20 bits per heavy atom. The van der Waals surface area contributed by atoms with Gasteiger partial charge in [0.25, 0.3) is 0 Å². The molecule has 0 atom stereocenters. The van der Waals surface area contributed by atoms with Crippen LogP contribution in [0.2, 0.25) is 0 Å². The van der Waals surface area contributed by atoms with Gasteiger partial charge in [-0.15, -0.1) is 12.4 Å². The van der Waals surface area contributed by atoms with Crippen molar-refractivity contribution < 1.29 is 9.47 Å². The average molecular weight is 367 g/mol. The Kier molecular flexibility index (Phi) is 11.0. The third-order valence-corrected chi connectivity index (χ3v) is 3.45. The minimum Gasteiger partial charge on any atom is -0.493 e. The Labute approximate surface area is 137 Å². The van der Waals surface area contributed by atoms with Crippen LogP contribution in [0.25, 0.3) is 0 Å². The summed E-state index contributed by atoms with van der Waals surface area (Å²) in [5.74, 6) is 1.56. The van der Waals surface area contributed by atoms with Crippen molar-refractivity contribution in [2.45, 2.75) is 39.7 Å². The van der Waals surface area contributed by atoms with Crippen LogP contribution >= 0.6 is 28.3 Å². The topological polar surface area (TPSA) is 30.5 Å². The normalized spacial score (nSPS) is 10.0. The highest BCUT2D eigenvalue weighted by Gasteiger charge is 2.10. The minimum atomic E-state index is 0. The lowest BCUT2D eigenvalue weighted by atomic mass is 10.2. The third-order valence-electron chi connectivity index (χ3n) is 2.86. The number of unbranched alkanes of at least 4 members (excludes halogenated alkanes) is 2. The third kappa shape index (κ3) is 6.33. The number of benzene rings is 1. The predicted molar refractivity (Wildman–Crippen MR) is 90.3 cm³/mol. The Bertz CT molecular complexity index is 388. The molecule has 0 unspecified atom stereocenters. The summed E-state index contributed by atoms with van der Waals surface area (Å²) in [6.45, 7) is 6.72. The van der Waals surface area contributed by atoms with Gasteiger partial charge in [0.15, 0.2) is 11.5 Å². The van der Waals surface area contributed by atoms with E-state index in [2.05, 4.69) is 34.2 Å². The van der Waals surface area contributed by atoms with Crippen LogP contribution in [0, 0.1) is 0 Å². The zero-order chi connectivity index (χ0) is 14.1. The first-order chi connectivity index (χ1) is 9.22. The zero-order valence-corrected chi connectivity index (χ0v) is 14.9. The molecule has 0 heterocycles. The quantitative estimate of drug-likeness (QED) is 0.650. The van der Waals surface area contributed by atoms with Gasteiger partial charge in [-0.05, 0) is 53.5 Å². The number of hydrogen-bond acceptors (Lipinski definition) is 3. The van der Waals surface area contributed by atoms with Gasteiger partial charge >= 0.3 is 0 Å². The van der Waals surface area contributed by atoms with E-state index in [-0.39, 0.29) is 12.4 Å². The van der Waals surface area contributed by atoms with Crippen LogP contribution in [0.15, 0.2) is 16.6 Å². The Hall–Kier alpha value is -0.450. The standard InChI is InChI=1S/C15H24BrNO2.ClH/c1-4-6-7-8-17-11-12-9-13(16)15(19-5-2)14(10-12)18-3;/h9-10,17H,4-8,11H2,1-3H3;1H. The van der Waals surface area contributed by atoms with Gasteiger partial charge in [-0.2, -0.15) is 0 Å². The van der Waals surface area contributed by atoms with Crippen LogP contribution in [0.1, 0.15) is 38.7 Å². The molecule has 1 aromatic carbocycles. The van der Waals surface area contributed by atoms with E-state index in [1.54, 1.807) is 7.11 Å². The van der Waals surface area contributed by atoms with Gasteiger partial charge in [0.2, 0.25) is 0 Å². The van der Waals surface area contributed by atoms with E-state index >= 15 is 0 Å². The largest absolute Gasteiger partial charge is 0.493 e. The second kappa shape index (κ2) is 11.2. The summed E-state index contributed by atoms with van der Waals surface area (Å²) >= 11 is 3.54. The maximum Gasteiger partial charge on any atom is 0.175 e. The summed E-state index contributed by atoms with van der Waals surface area (Å²) < 4.78 is 11.9.